The normalized spacial score (nSPS) is 11.3. The molecule has 0 amide bonds. The van der Waals surface area contributed by atoms with E-state index in [0.717, 1.165) is 0 Å². The summed E-state index contributed by atoms with van der Waals surface area (Å²) < 4.78 is 34.5. The van der Waals surface area contributed by atoms with Crippen molar-refractivity contribution in [3.05, 3.63) is 30.6 Å². The van der Waals surface area contributed by atoms with E-state index in [2.05, 4.69) is 19.4 Å². The maximum Gasteiger partial charge on any atom is 0.300 e. The van der Waals surface area contributed by atoms with Crippen molar-refractivity contribution in [2.75, 3.05) is 24.5 Å². The second kappa shape index (κ2) is 8.79. The quantitative estimate of drug-likeness (QED) is 0.540. The van der Waals surface area contributed by atoms with Gasteiger partial charge in [0.25, 0.3) is 10.2 Å². The van der Waals surface area contributed by atoms with Crippen LogP contribution in [0, 0.1) is 0 Å². The first-order chi connectivity index (χ1) is 12.0. The van der Waals surface area contributed by atoms with Gasteiger partial charge in [0.05, 0.1) is 12.2 Å². The number of nitrogens with one attached hydrogen (secondary N) is 2. The van der Waals surface area contributed by atoms with Gasteiger partial charge in [-0.2, -0.15) is 13.1 Å². The molecule has 25 heavy (non-hydrogen) atoms. The highest BCUT2D eigenvalue weighted by Gasteiger charge is 2.19. The van der Waals surface area contributed by atoms with Crippen molar-refractivity contribution in [2.45, 2.75) is 13.3 Å². The van der Waals surface area contributed by atoms with E-state index >= 15 is 0 Å². The van der Waals surface area contributed by atoms with Crippen molar-refractivity contribution in [1.82, 2.24) is 14.7 Å². The predicted molar refractivity (Wildman–Crippen MR) is 96.3 cm³/mol. The second-order valence-corrected chi connectivity index (χ2v) is 6.60. The van der Waals surface area contributed by atoms with Gasteiger partial charge in [-0.1, -0.05) is 36.7 Å². The standard InChI is InChI=1S/C15H19BN4O4S/c1-2-7-19-25(22,23)20-14-13(11-3-5-12(16)6-4-11)15(18-10-17-14)24-9-8-21/h3-6,10,19,21H,2,7-9H2,1H3,(H,17,18,20). The van der Waals surface area contributed by atoms with Crippen LogP contribution in [-0.2, 0) is 10.2 Å². The molecule has 132 valence electrons. The third-order valence-electron chi connectivity index (χ3n) is 3.12. The fourth-order valence-electron chi connectivity index (χ4n) is 2.01. The Balaban J connectivity index is 2.46. The summed E-state index contributed by atoms with van der Waals surface area (Å²) in [4.78, 5) is 8.06. The molecule has 3 N–H and O–H groups in total. The van der Waals surface area contributed by atoms with Gasteiger partial charge >= 0.3 is 0 Å². The van der Waals surface area contributed by atoms with Crippen LogP contribution >= 0.6 is 0 Å². The Kier molecular flexibility index (Phi) is 6.74. The molecule has 0 spiro atoms. The molecular formula is C15H19BN4O4S. The van der Waals surface area contributed by atoms with E-state index in [1.54, 1.807) is 24.3 Å². The molecule has 0 saturated heterocycles. The van der Waals surface area contributed by atoms with Crippen molar-refractivity contribution in [1.29, 1.82) is 0 Å². The lowest BCUT2D eigenvalue weighted by Crippen LogP contribution is -2.31. The number of ether oxygens (including phenoxy) is 1. The number of aromatic nitrogens is 2. The number of hydrogen-bond acceptors (Lipinski definition) is 6. The Morgan fingerprint density at radius 3 is 2.60 bits per heavy atom. The van der Waals surface area contributed by atoms with Gasteiger partial charge in [0.1, 0.15) is 20.8 Å². The number of benzene rings is 1. The number of rotatable bonds is 9. The van der Waals surface area contributed by atoms with Crippen molar-refractivity contribution < 1.29 is 18.3 Å². The van der Waals surface area contributed by atoms with E-state index < -0.39 is 10.2 Å². The van der Waals surface area contributed by atoms with Crippen LogP contribution < -0.4 is 19.6 Å². The Hall–Kier alpha value is -2.17. The lowest BCUT2D eigenvalue weighted by atomic mass is 9.94. The van der Waals surface area contributed by atoms with Gasteiger partial charge in [0, 0.05) is 6.54 Å². The first-order valence-corrected chi connectivity index (χ1v) is 9.17. The van der Waals surface area contributed by atoms with Crippen LogP contribution in [0.5, 0.6) is 5.88 Å². The van der Waals surface area contributed by atoms with E-state index in [0.29, 0.717) is 29.6 Å². The summed E-state index contributed by atoms with van der Waals surface area (Å²) >= 11 is 0. The Bertz CT molecular complexity index is 800. The van der Waals surface area contributed by atoms with Crippen molar-refractivity contribution in [3.8, 4) is 17.0 Å². The molecule has 1 aromatic carbocycles. The summed E-state index contributed by atoms with van der Waals surface area (Å²) in [5.41, 5.74) is 1.54. The highest BCUT2D eigenvalue weighted by molar-refractivity contribution is 7.90. The lowest BCUT2D eigenvalue weighted by Gasteiger charge is -2.15. The SMILES string of the molecule is [B]c1ccc(-c2c(NS(=O)(=O)NCCC)ncnc2OCCO)cc1. The molecule has 10 heteroatoms. The summed E-state index contributed by atoms with van der Waals surface area (Å²) in [6, 6.07) is 6.76. The summed E-state index contributed by atoms with van der Waals surface area (Å²) in [7, 11) is 1.91. The Labute approximate surface area is 148 Å². The topological polar surface area (TPSA) is 113 Å². The smallest absolute Gasteiger partial charge is 0.300 e. The van der Waals surface area contributed by atoms with Crippen LogP contribution in [0.15, 0.2) is 30.6 Å². The van der Waals surface area contributed by atoms with Crippen LogP contribution in [0.25, 0.3) is 11.1 Å². The third-order valence-corrected chi connectivity index (χ3v) is 4.16. The van der Waals surface area contributed by atoms with Crippen LogP contribution in [0.3, 0.4) is 0 Å². The molecule has 0 bridgehead atoms. The third kappa shape index (κ3) is 5.41. The molecular weight excluding hydrogens is 343 g/mol. The lowest BCUT2D eigenvalue weighted by molar-refractivity contribution is 0.197. The maximum absolute atomic E-state index is 12.1. The van der Waals surface area contributed by atoms with Gasteiger partial charge in [-0.05, 0) is 12.0 Å². The minimum Gasteiger partial charge on any atom is -0.475 e. The highest BCUT2D eigenvalue weighted by Crippen LogP contribution is 2.33. The monoisotopic (exact) mass is 362 g/mol. The zero-order chi connectivity index (χ0) is 18.3. The molecule has 1 aromatic heterocycles. The second-order valence-electron chi connectivity index (χ2n) is 5.10. The summed E-state index contributed by atoms with van der Waals surface area (Å²) in [6.45, 7) is 1.96. The van der Waals surface area contributed by atoms with E-state index in [4.69, 9.17) is 17.7 Å². The predicted octanol–water partition coefficient (Wildman–Crippen LogP) is -0.0352. The van der Waals surface area contributed by atoms with Gasteiger partial charge in [0.2, 0.25) is 5.88 Å². The molecule has 2 rings (SSSR count). The first kappa shape index (κ1) is 19.2. The minimum absolute atomic E-state index is 0.0132. The van der Waals surface area contributed by atoms with Crippen LogP contribution in [-0.4, -0.2) is 51.1 Å². The van der Waals surface area contributed by atoms with E-state index in [-0.39, 0.29) is 24.9 Å². The van der Waals surface area contributed by atoms with Gasteiger partial charge in [-0.25, -0.2) is 9.97 Å². The molecule has 0 unspecified atom stereocenters. The largest absolute Gasteiger partial charge is 0.475 e. The molecule has 0 aliphatic carbocycles. The average molecular weight is 362 g/mol. The van der Waals surface area contributed by atoms with Crippen molar-refractivity contribution in [2.24, 2.45) is 0 Å². The zero-order valence-corrected chi connectivity index (χ0v) is 14.6. The van der Waals surface area contributed by atoms with Gasteiger partial charge in [-0.3, -0.25) is 4.72 Å². The number of anilines is 1. The Morgan fingerprint density at radius 1 is 1.24 bits per heavy atom. The van der Waals surface area contributed by atoms with Crippen molar-refractivity contribution in [3.63, 3.8) is 0 Å². The van der Waals surface area contributed by atoms with Crippen LogP contribution in [0.2, 0.25) is 0 Å². The molecule has 8 nitrogen and oxygen atoms in total. The molecule has 2 aromatic rings. The number of nitrogens with zero attached hydrogens (tertiary/aromatic N) is 2. The van der Waals surface area contributed by atoms with Crippen molar-refractivity contribution >= 4 is 29.3 Å². The molecule has 0 aliphatic heterocycles. The van der Waals surface area contributed by atoms with Crippen LogP contribution in [0.1, 0.15) is 13.3 Å². The number of aliphatic hydroxyl groups excluding tert-OH is 1. The molecule has 0 fully saturated rings. The zero-order valence-electron chi connectivity index (χ0n) is 13.8. The van der Waals surface area contributed by atoms with Gasteiger partial charge in [0.15, 0.2) is 5.82 Å². The average Bonchev–Trinajstić information content (AvgIpc) is 2.59. The summed E-state index contributed by atoms with van der Waals surface area (Å²) in [5, 5.41) is 8.97. The summed E-state index contributed by atoms with van der Waals surface area (Å²) in [6.07, 6.45) is 1.84. The molecule has 1 heterocycles. The molecule has 2 radical (unpaired) electrons. The first-order valence-electron chi connectivity index (χ1n) is 7.68. The molecule has 0 atom stereocenters. The van der Waals surface area contributed by atoms with Gasteiger partial charge in [-0.15, -0.1) is 0 Å². The van der Waals surface area contributed by atoms with E-state index in [1.165, 1.54) is 6.33 Å². The number of aliphatic hydroxyl groups is 1. The minimum atomic E-state index is -3.79. The fourth-order valence-corrected chi connectivity index (χ4v) is 2.96. The van der Waals surface area contributed by atoms with Gasteiger partial charge < -0.3 is 9.84 Å². The number of hydrogen-bond donors (Lipinski definition) is 3. The molecule has 0 aliphatic rings. The van der Waals surface area contributed by atoms with E-state index in [1.807, 2.05) is 6.92 Å². The highest BCUT2D eigenvalue weighted by atomic mass is 32.2. The van der Waals surface area contributed by atoms with Crippen LogP contribution in [0.4, 0.5) is 5.82 Å². The fraction of sp³-hybridized carbons (Fsp3) is 0.333. The molecule has 0 saturated carbocycles. The summed E-state index contributed by atoms with van der Waals surface area (Å²) in [5.74, 6) is 0.221. The van der Waals surface area contributed by atoms with E-state index in [9.17, 15) is 8.42 Å². The Morgan fingerprint density at radius 2 is 1.96 bits per heavy atom. The maximum atomic E-state index is 12.1.